The van der Waals surface area contributed by atoms with E-state index in [9.17, 15) is 18.3 Å². The van der Waals surface area contributed by atoms with Gasteiger partial charge in [0.1, 0.15) is 6.54 Å². The molecule has 0 saturated carbocycles. The molecule has 0 aliphatic rings. The zero-order valence-corrected chi connectivity index (χ0v) is 16.8. The summed E-state index contributed by atoms with van der Waals surface area (Å²) in [6, 6.07) is 7.80. The summed E-state index contributed by atoms with van der Waals surface area (Å²) in [7, 11) is -1.30. The number of aliphatic carboxylic acids is 1. The Bertz CT molecular complexity index is 945. The predicted octanol–water partition coefficient (Wildman–Crippen LogP) is 2.91. The monoisotopic (exact) mass is 393 g/mol. The first kappa shape index (κ1) is 20.6. The SMILES string of the molecule is COc1ccc(S(=O)(=O)N(CC(=O)O)c2c(C)cc(C)cc2C)cc1OC. The lowest BCUT2D eigenvalue weighted by Gasteiger charge is -2.26. The quantitative estimate of drug-likeness (QED) is 0.777. The predicted molar refractivity (Wildman–Crippen MR) is 102 cm³/mol. The zero-order chi connectivity index (χ0) is 20.4. The number of hydrogen-bond acceptors (Lipinski definition) is 5. The molecule has 0 saturated heterocycles. The molecule has 0 spiro atoms. The highest BCUT2D eigenvalue weighted by atomic mass is 32.2. The molecule has 8 heteroatoms. The van der Waals surface area contributed by atoms with Gasteiger partial charge in [-0.2, -0.15) is 0 Å². The molecule has 2 aromatic rings. The van der Waals surface area contributed by atoms with E-state index < -0.39 is 22.5 Å². The minimum Gasteiger partial charge on any atom is -0.493 e. The average molecular weight is 393 g/mol. The van der Waals surface area contributed by atoms with E-state index in [1.54, 1.807) is 13.8 Å². The molecule has 0 amide bonds. The first-order valence-corrected chi connectivity index (χ1v) is 9.60. The summed E-state index contributed by atoms with van der Waals surface area (Å²) in [6.07, 6.45) is 0. The first-order valence-electron chi connectivity index (χ1n) is 8.16. The van der Waals surface area contributed by atoms with Gasteiger partial charge in [-0.3, -0.25) is 9.10 Å². The number of methoxy groups -OCH3 is 2. The van der Waals surface area contributed by atoms with Crippen LogP contribution in [0.5, 0.6) is 11.5 Å². The second kappa shape index (κ2) is 7.87. The van der Waals surface area contributed by atoms with Crippen LogP contribution < -0.4 is 13.8 Å². The van der Waals surface area contributed by atoms with E-state index in [-0.39, 0.29) is 10.6 Å². The number of benzene rings is 2. The van der Waals surface area contributed by atoms with E-state index in [0.29, 0.717) is 22.6 Å². The van der Waals surface area contributed by atoms with Crippen LogP contribution in [0.2, 0.25) is 0 Å². The standard InChI is InChI=1S/C19H23NO6S/c1-12-8-13(2)19(14(3)9-12)20(11-18(21)22)27(23,24)15-6-7-16(25-4)17(10-15)26-5/h6-10H,11H2,1-5H3,(H,21,22). The topological polar surface area (TPSA) is 93.1 Å². The smallest absolute Gasteiger partial charge is 0.324 e. The van der Waals surface area contributed by atoms with Crippen molar-refractivity contribution in [2.24, 2.45) is 0 Å². The van der Waals surface area contributed by atoms with Crippen LogP contribution in [0, 0.1) is 20.8 Å². The Labute approximate surface area is 159 Å². The fourth-order valence-electron chi connectivity index (χ4n) is 3.08. The Hall–Kier alpha value is -2.74. The van der Waals surface area contributed by atoms with Crippen molar-refractivity contribution in [1.29, 1.82) is 0 Å². The van der Waals surface area contributed by atoms with E-state index in [4.69, 9.17) is 9.47 Å². The number of carbonyl (C=O) groups is 1. The Kier molecular flexibility index (Phi) is 6.00. The number of anilines is 1. The number of nitrogens with zero attached hydrogens (tertiary/aromatic N) is 1. The molecule has 2 aromatic carbocycles. The third kappa shape index (κ3) is 4.16. The second-order valence-electron chi connectivity index (χ2n) is 6.17. The molecule has 7 nitrogen and oxygen atoms in total. The van der Waals surface area contributed by atoms with E-state index in [2.05, 4.69) is 0 Å². The van der Waals surface area contributed by atoms with Gasteiger partial charge >= 0.3 is 5.97 Å². The number of carboxylic acid groups (broad SMARTS) is 1. The molecule has 0 heterocycles. The minimum absolute atomic E-state index is 0.0826. The molecule has 27 heavy (non-hydrogen) atoms. The summed E-state index contributed by atoms with van der Waals surface area (Å²) in [5, 5.41) is 9.32. The normalized spacial score (nSPS) is 11.1. The first-order chi connectivity index (χ1) is 12.6. The van der Waals surface area contributed by atoms with Gasteiger partial charge in [-0.15, -0.1) is 0 Å². The van der Waals surface area contributed by atoms with E-state index >= 15 is 0 Å². The van der Waals surface area contributed by atoms with Crippen LogP contribution in [0.15, 0.2) is 35.2 Å². The van der Waals surface area contributed by atoms with Crippen molar-refractivity contribution in [2.45, 2.75) is 25.7 Å². The summed E-state index contributed by atoms with van der Waals surface area (Å²) in [5.74, 6) is -0.631. The van der Waals surface area contributed by atoms with E-state index in [1.807, 2.05) is 19.1 Å². The summed E-state index contributed by atoms with van der Waals surface area (Å²) in [4.78, 5) is 11.3. The molecule has 0 bridgehead atoms. The molecule has 0 aliphatic heterocycles. The fraction of sp³-hybridized carbons (Fsp3) is 0.316. The van der Waals surface area contributed by atoms with Gasteiger partial charge in [0.15, 0.2) is 11.5 Å². The van der Waals surface area contributed by atoms with Crippen molar-refractivity contribution < 1.29 is 27.8 Å². The maximum absolute atomic E-state index is 13.3. The van der Waals surface area contributed by atoms with Gasteiger partial charge in [0, 0.05) is 6.07 Å². The molecule has 0 fully saturated rings. The summed E-state index contributed by atoms with van der Waals surface area (Å²) in [6.45, 7) is 4.72. The van der Waals surface area contributed by atoms with Crippen molar-refractivity contribution in [3.05, 3.63) is 47.0 Å². The van der Waals surface area contributed by atoms with Crippen LogP contribution in [-0.2, 0) is 14.8 Å². The summed E-state index contributed by atoms with van der Waals surface area (Å²) in [5.41, 5.74) is 2.68. The summed E-state index contributed by atoms with van der Waals surface area (Å²) >= 11 is 0. The fourth-order valence-corrected chi connectivity index (χ4v) is 4.64. The molecule has 0 aromatic heterocycles. The van der Waals surface area contributed by atoms with Crippen molar-refractivity contribution in [2.75, 3.05) is 25.1 Å². The van der Waals surface area contributed by atoms with Crippen LogP contribution >= 0.6 is 0 Å². The summed E-state index contributed by atoms with van der Waals surface area (Å²) < 4.78 is 37.8. The van der Waals surface area contributed by atoms with Crippen molar-refractivity contribution >= 4 is 21.7 Å². The third-order valence-corrected chi connectivity index (χ3v) is 5.85. The molecular formula is C19H23NO6S. The van der Waals surface area contributed by atoms with E-state index in [0.717, 1.165) is 9.87 Å². The van der Waals surface area contributed by atoms with Crippen LogP contribution in [0.1, 0.15) is 16.7 Å². The number of carboxylic acids is 1. The Morgan fingerprint density at radius 2 is 1.56 bits per heavy atom. The third-order valence-electron chi connectivity index (χ3n) is 4.11. The van der Waals surface area contributed by atoms with Gasteiger partial charge in [0.2, 0.25) is 0 Å². The van der Waals surface area contributed by atoms with Crippen LogP contribution in [-0.4, -0.2) is 40.3 Å². The number of aryl methyl sites for hydroxylation is 3. The molecule has 0 unspecified atom stereocenters. The highest BCUT2D eigenvalue weighted by molar-refractivity contribution is 7.92. The highest BCUT2D eigenvalue weighted by Crippen LogP contribution is 2.34. The van der Waals surface area contributed by atoms with Crippen LogP contribution in [0.4, 0.5) is 5.69 Å². The number of hydrogen-bond donors (Lipinski definition) is 1. The average Bonchev–Trinajstić information content (AvgIpc) is 2.59. The van der Waals surface area contributed by atoms with Crippen LogP contribution in [0.3, 0.4) is 0 Å². The second-order valence-corrected chi connectivity index (χ2v) is 8.03. The molecular weight excluding hydrogens is 370 g/mol. The maximum atomic E-state index is 13.3. The van der Waals surface area contributed by atoms with Crippen molar-refractivity contribution in [3.63, 3.8) is 0 Å². The molecule has 146 valence electrons. The lowest BCUT2D eigenvalue weighted by molar-refractivity contribution is -0.135. The van der Waals surface area contributed by atoms with Crippen LogP contribution in [0.25, 0.3) is 0 Å². The maximum Gasteiger partial charge on any atom is 0.324 e. The van der Waals surface area contributed by atoms with Gasteiger partial charge in [-0.25, -0.2) is 8.42 Å². The van der Waals surface area contributed by atoms with Gasteiger partial charge < -0.3 is 14.6 Å². The molecule has 1 N–H and O–H groups in total. The highest BCUT2D eigenvalue weighted by Gasteiger charge is 2.30. The van der Waals surface area contributed by atoms with Crippen molar-refractivity contribution in [1.82, 2.24) is 0 Å². The molecule has 0 aliphatic carbocycles. The minimum atomic E-state index is -4.15. The van der Waals surface area contributed by atoms with E-state index in [1.165, 1.54) is 32.4 Å². The van der Waals surface area contributed by atoms with Gasteiger partial charge in [-0.05, 0) is 44.0 Å². The van der Waals surface area contributed by atoms with Gasteiger partial charge in [0.05, 0.1) is 24.8 Å². The van der Waals surface area contributed by atoms with Gasteiger partial charge in [0.25, 0.3) is 10.0 Å². The molecule has 0 radical (unpaired) electrons. The largest absolute Gasteiger partial charge is 0.493 e. The van der Waals surface area contributed by atoms with Crippen molar-refractivity contribution in [3.8, 4) is 11.5 Å². The molecule has 2 rings (SSSR count). The Morgan fingerprint density at radius 1 is 1.00 bits per heavy atom. The number of rotatable bonds is 7. The van der Waals surface area contributed by atoms with Gasteiger partial charge in [-0.1, -0.05) is 17.7 Å². The number of sulfonamides is 1. The Morgan fingerprint density at radius 3 is 2.04 bits per heavy atom. The Balaban J connectivity index is 2.68. The number of ether oxygens (including phenoxy) is 2. The zero-order valence-electron chi connectivity index (χ0n) is 15.9. The molecule has 0 atom stereocenters. The lowest BCUT2D eigenvalue weighted by atomic mass is 10.1. The lowest BCUT2D eigenvalue weighted by Crippen LogP contribution is -2.36.